The second kappa shape index (κ2) is 7.38. The number of nitrogen functional groups attached to an aromatic ring is 1. The molecule has 2 heterocycles. The summed E-state index contributed by atoms with van der Waals surface area (Å²) in [5.41, 5.74) is 9.99. The first-order valence-corrected chi connectivity index (χ1v) is 8.23. The fourth-order valence-electron chi connectivity index (χ4n) is 2.95. The van der Waals surface area contributed by atoms with Crippen LogP contribution in [-0.4, -0.2) is 28.0 Å². The molecule has 0 atom stereocenters. The molecule has 1 aromatic carbocycles. The van der Waals surface area contributed by atoms with Gasteiger partial charge in [0.2, 0.25) is 0 Å². The van der Waals surface area contributed by atoms with Gasteiger partial charge < -0.3 is 5.73 Å². The minimum Gasteiger partial charge on any atom is -0.383 e. The molecule has 3 rings (SSSR count). The van der Waals surface area contributed by atoms with Crippen LogP contribution in [-0.2, 0) is 13.0 Å². The van der Waals surface area contributed by atoms with E-state index in [-0.39, 0.29) is 0 Å². The summed E-state index contributed by atoms with van der Waals surface area (Å²) in [6, 6.07) is 10.7. The molecule has 120 valence electrons. The van der Waals surface area contributed by atoms with Crippen molar-refractivity contribution in [3.63, 3.8) is 0 Å². The van der Waals surface area contributed by atoms with E-state index in [9.17, 15) is 0 Å². The van der Waals surface area contributed by atoms with Gasteiger partial charge in [-0.05, 0) is 31.7 Å². The second-order valence-corrected chi connectivity index (χ2v) is 6.16. The summed E-state index contributed by atoms with van der Waals surface area (Å²) in [6.45, 7) is 4.75. The second-order valence-electron chi connectivity index (χ2n) is 6.16. The zero-order chi connectivity index (χ0) is 16.1. The molecule has 0 bridgehead atoms. The molecule has 4 nitrogen and oxygen atoms in total. The molecule has 23 heavy (non-hydrogen) atoms. The summed E-state index contributed by atoms with van der Waals surface area (Å²) in [4.78, 5) is 10.9. The van der Waals surface area contributed by atoms with Crippen LogP contribution in [0.15, 0.2) is 48.2 Å². The molecule has 0 saturated carbocycles. The summed E-state index contributed by atoms with van der Waals surface area (Å²) >= 11 is 0. The fraction of sp³-hybridized carbons (Fsp3) is 0.368. The number of aryl methyl sites for hydroxylation is 2. The molecule has 2 N–H and O–H groups in total. The summed E-state index contributed by atoms with van der Waals surface area (Å²) in [5, 5.41) is 0. The lowest BCUT2D eigenvalue weighted by Crippen LogP contribution is -2.29. The molecular formula is C19H24N4. The Morgan fingerprint density at radius 1 is 1.17 bits per heavy atom. The topological polar surface area (TPSA) is 55.0 Å². The minimum atomic E-state index is 0.608. The molecule has 0 amide bonds. The van der Waals surface area contributed by atoms with E-state index in [0.29, 0.717) is 5.82 Å². The number of rotatable bonds is 5. The molecule has 0 spiro atoms. The van der Waals surface area contributed by atoms with Gasteiger partial charge in [0.1, 0.15) is 11.6 Å². The van der Waals surface area contributed by atoms with E-state index in [0.717, 1.165) is 50.3 Å². The molecule has 1 aromatic heterocycles. The summed E-state index contributed by atoms with van der Waals surface area (Å²) in [6.07, 6.45) is 7.66. The van der Waals surface area contributed by atoms with Crippen LogP contribution in [0.1, 0.15) is 29.8 Å². The fourth-order valence-corrected chi connectivity index (χ4v) is 2.95. The van der Waals surface area contributed by atoms with Crippen molar-refractivity contribution in [3.05, 3.63) is 65.1 Å². The Morgan fingerprint density at radius 2 is 2.00 bits per heavy atom. The number of benzene rings is 1. The Balaban J connectivity index is 1.51. The molecule has 0 radical (unpaired) electrons. The van der Waals surface area contributed by atoms with Gasteiger partial charge in [0.05, 0.1) is 0 Å². The Kier molecular flexibility index (Phi) is 5.03. The third kappa shape index (κ3) is 4.39. The predicted octanol–water partition coefficient (Wildman–Crippen LogP) is 3.13. The van der Waals surface area contributed by atoms with Crippen LogP contribution in [0.5, 0.6) is 0 Å². The van der Waals surface area contributed by atoms with E-state index < -0.39 is 0 Å². The van der Waals surface area contributed by atoms with E-state index in [2.05, 4.69) is 51.3 Å². The van der Waals surface area contributed by atoms with Crippen LogP contribution in [0.2, 0.25) is 0 Å². The van der Waals surface area contributed by atoms with Crippen LogP contribution in [0.4, 0.5) is 5.82 Å². The van der Waals surface area contributed by atoms with Gasteiger partial charge in [-0.2, -0.15) is 0 Å². The third-order valence-corrected chi connectivity index (χ3v) is 4.38. The maximum absolute atomic E-state index is 5.98. The lowest BCUT2D eigenvalue weighted by Gasteiger charge is -2.26. The van der Waals surface area contributed by atoms with Crippen LogP contribution in [0, 0.1) is 6.92 Å². The van der Waals surface area contributed by atoms with Gasteiger partial charge in [0, 0.05) is 31.4 Å². The van der Waals surface area contributed by atoms with Gasteiger partial charge in [-0.15, -0.1) is 0 Å². The number of anilines is 1. The normalized spacial score (nSPS) is 15.4. The smallest absolute Gasteiger partial charge is 0.131 e. The minimum absolute atomic E-state index is 0.608. The van der Waals surface area contributed by atoms with Crippen molar-refractivity contribution in [2.45, 2.75) is 32.7 Å². The molecule has 0 aliphatic carbocycles. The first kappa shape index (κ1) is 15.7. The molecule has 0 saturated heterocycles. The molecule has 4 heteroatoms. The zero-order valence-electron chi connectivity index (χ0n) is 13.7. The van der Waals surface area contributed by atoms with E-state index in [1.54, 1.807) is 5.57 Å². The van der Waals surface area contributed by atoms with Crippen molar-refractivity contribution in [3.8, 4) is 0 Å². The van der Waals surface area contributed by atoms with Crippen LogP contribution in [0.3, 0.4) is 0 Å². The largest absolute Gasteiger partial charge is 0.383 e. The molecule has 1 aliphatic rings. The third-order valence-electron chi connectivity index (χ3n) is 4.38. The average molecular weight is 308 g/mol. The van der Waals surface area contributed by atoms with E-state index >= 15 is 0 Å². The zero-order valence-corrected chi connectivity index (χ0v) is 13.7. The maximum Gasteiger partial charge on any atom is 0.131 e. The van der Waals surface area contributed by atoms with Gasteiger partial charge in [-0.3, -0.25) is 4.90 Å². The first-order chi connectivity index (χ1) is 11.2. The highest BCUT2D eigenvalue weighted by molar-refractivity contribution is 5.37. The standard InChI is InChI=1S/C19H24N4/c1-15-21-13-18(19(20)22-15)14-23-11-9-17(10-12-23)8-7-16-5-3-2-4-6-16/h2-6,9,13H,7-8,10-12,14H2,1H3,(H2,20,21,22). The Hall–Kier alpha value is -2.20. The van der Waals surface area contributed by atoms with Gasteiger partial charge in [-0.25, -0.2) is 9.97 Å². The maximum atomic E-state index is 5.98. The molecule has 0 unspecified atom stereocenters. The summed E-state index contributed by atoms with van der Waals surface area (Å²) in [7, 11) is 0. The number of aromatic nitrogens is 2. The lowest BCUT2D eigenvalue weighted by atomic mass is 9.99. The Morgan fingerprint density at radius 3 is 2.70 bits per heavy atom. The SMILES string of the molecule is Cc1ncc(CN2CC=C(CCc3ccccc3)CC2)c(N)n1. The monoisotopic (exact) mass is 308 g/mol. The highest BCUT2D eigenvalue weighted by atomic mass is 15.1. The predicted molar refractivity (Wildman–Crippen MR) is 93.9 cm³/mol. The van der Waals surface area contributed by atoms with E-state index in [1.165, 1.54) is 5.56 Å². The van der Waals surface area contributed by atoms with Crippen molar-refractivity contribution in [1.82, 2.24) is 14.9 Å². The highest BCUT2D eigenvalue weighted by Gasteiger charge is 2.14. The van der Waals surface area contributed by atoms with Crippen LogP contribution < -0.4 is 5.73 Å². The van der Waals surface area contributed by atoms with Crippen molar-refractivity contribution >= 4 is 5.82 Å². The van der Waals surface area contributed by atoms with Gasteiger partial charge in [0.25, 0.3) is 0 Å². The Labute approximate surface area is 138 Å². The molecule has 1 aliphatic heterocycles. The number of nitrogens with zero attached hydrogens (tertiary/aromatic N) is 3. The van der Waals surface area contributed by atoms with Crippen molar-refractivity contribution in [2.75, 3.05) is 18.8 Å². The summed E-state index contributed by atoms with van der Waals surface area (Å²) < 4.78 is 0. The van der Waals surface area contributed by atoms with Crippen LogP contribution in [0.25, 0.3) is 0 Å². The number of hydrogen-bond donors (Lipinski definition) is 1. The van der Waals surface area contributed by atoms with Gasteiger partial charge in [0.15, 0.2) is 0 Å². The lowest BCUT2D eigenvalue weighted by molar-refractivity contribution is 0.284. The Bertz CT molecular complexity index is 679. The summed E-state index contributed by atoms with van der Waals surface area (Å²) in [5.74, 6) is 1.34. The molecular weight excluding hydrogens is 284 g/mol. The molecule has 0 fully saturated rings. The van der Waals surface area contributed by atoms with E-state index in [1.807, 2.05) is 13.1 Å². The van der Waals surface area contributed by atoms with Crippen LogP contribution >= 0.6 is 0 Å². The van der Waals surface area contributed by atoms with Crippen molar-refractivity contribution in [1.29, 1.82) is 0 Å². The quantitative estimate of drug-likeness (QED) is 0.862. The molecule has 2 aromatic rings. The van der Waals surface area contributed by atoms with Crippen molar-refractivity contribution in [2.24, 2.45) is 0 Å². The number of nitrogens with two attached hydrogens (primary N) is 1. The van der Waals surface area contributed by atoms with Gasteiger partial charge in [-0.1, -0.05) is 42.0 Å². The average Bonchev–Trinajstić information content (AvgIpc) is 2.58. The van der Waals surface area contributed by atoms with Crippen molar-refractivity contribution < 1.29 is 0 Å². The highest BCUT2D eigenvalue weighted by Crippen LogP contribution is 2.19. The first-order valence-electron chi connectivity index (χ1n) is 8.23. The van der Waals surface area contributed by atoms with Gasteiger partial charge >= 0.3 is 0 Å². The van der Waals surface area contributed by atoms with E-state index in [4.69, 9.17) is 5.73 Å². The number of hydrogen-bond acceptors (Lipinski definition) is 4.